The Morgan fingerprint density at radius 1 is 1.13 bits per heavy atom. The Kier molecular flexibility index (Phi) is 5.35. The Labute approximate surface area is 152 Å². The number of aromatic hydroxyl groups is 1. The van der Waals surface area contributed by atoms with Gasteiger partial charge in [-0.2, -0.15) is 0 Å². The van der Waals surface area contributed by atoms with Crippen molar-refractivity contribution in [1.29, 1.82) is 0 Å². The molecule has 23 heavy (non-hydrogen) atoms. The van der Waals surface area contributed by atoms with Gasteiger partial charge in [-0.3, -0.25) is 4.99 Å². The van der Waals surface area contributed by atoms with Crippen LogP contribution in [-0.2, 0) is 4.74 Å². The Morgan fingerprint density at radius 3 is 2.65 bits per heavy atom. The molecule has 6 heteroatoms. The number of rotatable bonds is 3. The molecule has 0 unspecified atom stereocenters. The summed E-state index contributed by atoms with van der Waals surface area (Å²) in [7, 11) is 0. The highest BCUT2D eigenvalue weighted by molar-refractivity contribution is 9.11. The summed E-state index contributed by atoms with van der Waals surface area (Å²) >= 11 is 6.76. The van der Waals surface area contributed by atoms with E-state index < -0.39 is 0 Å². The Balaban J connectivity index is 1.91. The summed E-state index contributed by atoms with van der Waals surface area (Å²) in [6, 6.07) is 11.7. The van der Waals surface area contributed by atoms with Crippen molar-refractivity contribution in [2.24, 2.45) is 4.99 Å². The van der Waals surface area contributed by atoms with Crippen molar-refractivity contribution < 1.29 is 9.84 Å². The van der Waals surface area contributed by atoms with Gasteiger partial charge >= 0.3 is 0 Å². The normalized spacial score (nSPS) is 15.3. The Morgan fingerprint density at radius 2 is 1.87 bits per heavy atom. The minimum absolute atomic E-state index is 0.181. The van der Waals surface area contributed by atoms with Crippen LogP contribution in [0.15, 0.2) is 50.3 Å². The van der Waals surface area contributed by atoms with Crippen LogP contribution in [0.3, 0.4) is 0 Å². The molecule has 120 valence electrons. The minimum Gasteiger partial charge on any atom is -0.506 e. The number of phenols is 1. The smallest absolute Gasteiger partial charge is 0.138 e. The average Bonchev–Trinajstić information content (AvgIpc) is 2.58. The first-order valence-corrected chi connectivity index (χ1v) is 8.87. The van der Waals surface area contributed by atoms with E-state index in [0.717, 1.165) is 42.2 Å². The maximum Gasteiger partial charge on any atom is 0.138 e. The van der Waals surface area contributed by atoms with Crippen LogP contribution >= 0.6 is 31.9 Å². The summed E-state index contributed by atoms with van der Waals surface area (Å²) in [6.45, 7) is 3.19. The van der Waals surface area contributed by atoms with E-state index in [2.05, 4.69) is 47.8 Å². The molecule has 0 amide bonds. The minimum atomic E-state index is 0.181. The van der Waals surface area contributed by atoms with Crippen LogP contribution in [-0.4, -0.2) is 37.6 Å². The molecule has 1 aliphatic rings. The van der Waals surface area contributed by atoms with Gasteiger partial charge in [0.15, 0.2) is 0 Å². The van der Waals surface area contributed by atoms with E-state index in [-0.39, 0.29) is 5.75 Å². The van der Waals surface area contributed by atoms with Gasteiger partial charge in [0.25, 0.3) is 0 Å². The van der Waals surface area contributed by atoms with Crippen molar-refractivity contribution in [1.82, 2.24) is 0 Å². The van der Waals surface area contributed by atoms with Crippen molar-refractivity contribution >= 4 is 49.4 Å². The lowest BCUT2D eigenvalue weighted by atomic mass is 10.2. The van der Waals surface area contributed by atoms with Crippen molar-refractivity contribution in [3.8, 4) is 5.75 Å². The molecule has 4 nitrogen and oxygen atoms in total. The quantitative estimate of drug-likeness (QED) is 0.716. The van der Waals surface area contributed by atoms with Crippen molar-refractivity contribution in [2.45, 2.75) is 0 Å². The summed E-state index contributed by atoms with van der Waals surface area (Å²) in [5.41, 5.74) is 2.62. The number of halogens is 2. The van der Waals surface area contributed by atoms with E-state index in [9.17, 15) is 5.11 Å². The first-order valence-electron chi connectivity index (χ1n) is 7.29. The van der Waals surface area contributed by atoms with Crippen LogP contribution in [0.5, 0.6) is 5.75 Å². The van der Waals surface area contributed by atoms with E-state index in [4.69, 9.17) is 4.74 Å². The van der Waals surface area contributed by atoms with E-state index in [1.54, 1.807) is 12.3 Å². The summed E-state index contributed by atoms with van der Waals surface area (Å²) in [4.78, 5) is 6.86. The standard InChI is InChI=1S/C17H16Br2N2O2/c18-13-9-12(17(22)14(19)10-13)11-20-15-3-1-2-4-16(15)21-5-7-23-8-6-21/h1-4,9-11,22H,5-8H2. The number of anilines is 1. The second-order valence-electron chi connectivity index (χ2n) is 5.17. The number of aliphatic imine (C=N–C) groups is 1. The monoisotopic (exact) mass is 438 g/mol. The number of ether oxygens (including phenoxy) is 1. The maximum absolute atomic E-state index is 10.1. The lowest BCUT2D eigenvalue weighted by Gasteiger charge is -2.29. The Hall–Kier alpha value is -1.37. The molecule has 0 bridgehead atoms. The number of nitrogens with zero attached hydrogens (tertiary/aromatic N) is 2. The zero-order valence-corrected chi connectivity index (χ0v) is 15.5. The second kappa shape index (κ2) is 7.47. The van der Waals surface area contributed by atoms with Crippen molar-refractivity contribution in [3.63, 3.8) is 0 Å². The first-order chi connectivity index (χ1) is 11.1. The molecule has 1 fully saturated rings. The van der Waals surface area contributed by atoms with Gasteiger partial charge in [-0.25, -0.2) is 0 Å². The molecule has 1 heterocycles. The molecule has 0 aliphatic carbocycles. The van der Waals surface area contributed by atoms with Gasteiger partial charge in [-0.05, 0) is 40.2 Å². The van der Waals surface area contributed by atoms with Gasteiger partial charge in [0.2, 0.25) is 0 Å². The molecule has 0 spiro atoms. The molecule has 3 rings (SSSR count). The van der Waals surface area contributed by atoms with Crippen molar-refractivity contribution in [2.75, 3.05) is 31.2 Å². The van der Waals surface area contributed by atoms with Gasteiger partial charge < -0.3 is 14.7 Å². The molecule has 2 aromatic carbocycles. The van der Waals surface area contributed by atoms with Gasteiger partial charge in [-0.1, -0.05) is 28.1 Å². The second-order valence-corrected chi connectivity index (χ2v) is 6.94. The SMILES string of the molecule is Oc1c(Br)cc(Br)cc1C=Nc1ccccc1N1CCOCC1. The predicted octanol–water partition coefficient (Wildman–Crippen LogP) is 4.50. The summed E-state index contributed by atoms with van der Waals surface area (Å²) in [6.07, 6.45) is 1.68. The molecule has 1 saturated heterocycles. The van der Waals surface area contributed by atoms with E-state index in [1.165, 1.54) is 0 Å². The number of benzene rings is 2. The van der Waals surface area contributed by atoms with Crippen LogP contribution in [0, 0.1) is 0 Å². The molecular weight excluding hydrogens is 424 g/mol. The van der Waals surface area contributed by atoms with Crippen LogP contribution < -0.4 is 4.90 Å². The fourth-order valence-corrected chi connectivity index (χ4v) is 3.73. The van der Waals surface area contributed by atoms with Crippen LogP contribution in [0.2, 0.25) is 0 Å². The highest BCUT2D eigenvalue weighted by atomic mass is 79.9. The van der Waals surface area contributed by atoms with Crippen molar-refractivity contribution in [3.05, 3.63) is 50.9 Å². The fourth-order valence-electron chi connectivity index (χ4n) is 2.47. The molecule has 1 N–H and O–H groups in total. The highest BCUT2D eigenvalue weighted by Crippen LogP contribution is 2.32. The van der Waals surface area contributed by atoms with Crippen LogP contribution in [0.25, 0.3) is 0 Å². The van der Waals surface area contributed by atoms with Crippen LogP contribution in [0.1, 0.15) is 5.56 Å². The molecule has 0 saturated carbocycles. The summed E-state index contributed by atoms with van der Waals surface area (Å²) in [5.74, 6) is 0.181. The molecule has 2 aromatic rings. The predicted molar refractivity (Wildman–Crippen MR) is 100 cm³/mol. The van der Waals surface area contributed by atoms with Gasteiger partial charge in [-0.15, -0.1) is 0 Å². The van der Waals surface area contributed by atoms with E-state index in [1.807, 2.05) is 24.3 Å². The zero-order valence-electron chi connectivity index (χ0n) is 12.4. The number of morpholine rings is 1. The van der Waals surface area contributed by atoms with Gasteiger partial charge in [0, 0.05) is 29.3 Å². The van der Waals surface area contributed by atoms with Gasteiger partial charge in [0.1, 0.15) is 5.75 Å². The lowest BCUT2D eigenvalue weighted by molar-refractivity contribution is 0.123. The number of phenolic OH excluding ortho intramolecular Hbond substituents is 1. The molecular formula is C17H16Br2N2O2. The number of hydrogen-bond acceptors (Lipinski definition) is 4. The highest BCUT2D eigenvalue weighted by Gasteiger charge is 2.14. The third-order valence-corrected chi connectivity index (χ3v) is 4.70. The number of para-hydroxylation sites is 2. The average molecular weight is 440 g/mol. The first kappa shape index (κ1) is 16.5. The summed E-state index contributed by atoms with van der Waals surface area (Å²) < 4.78 is 6.92. The van der Waals surface area contributed by atoms with Gasteiger partial charge in [0.05, 0.1) is 29.1 Å². The molecule has 0 aromatic heterocycles. The molecule has 0 atom stereocenters. The lowest BCUT2D eigenvalue weighted by Crippen LogP contribution is -2.36. The van der Waals surface area contributed by atoms with Crippen LogP contribution in [0.4, 0.5) is 11.4 Å². The largest absolute Gasteiger partial charge is 0.506 e. The number of hydrogen-bond donors (Lipinski definition) is 1. The third-order valence-electron chi connectivity index (χ3n) is 3.63. The van der Waals surface area contributed by atoms with E-state index >= 15 is 0 Å². The Bertz CT molecular complexity index is 729. The zero-order chi connectivity index (χ0) is 16.2. The summed E-state index contributed by atoms with van der Waals surface area (Å²) in [5, 5.41) is 10.1. The fraction of sp³-hybridized carbons (Fsp3) is 0.235. The molecule has 0 radical (unpaired) electrons. The topological polar surface area (TPSA) is 45.1 Å². The van der Waals surface area contributed by atoms with E-state index in [0.29, 0.717) is 10.0 Å². The molecule has 1 aliphatic heterocycles. The third kappa shape index (κ3) is 3.94. The maximum atomic E-state index is 10.1.